The monoisotopic (exact) mass is 472 g/mol. The van der Waals surface area contributed by atoms with Crippen molar-refractivity contribution in [2.45, 2.75) is 24.9 Å². The number of fused-ring (bicyclic) bond motifs is 3. The maximum absolute atomic E-state index is 14.5. The van der Waals surface area contributed by atoms with Gasteiger partial charge in [-0.2, -0.15) is 0 Å². The lowest BCUT2D eigenvalue weighted by Crippen LogP contribution is -2.43. The van der Waals surface area contributed by atoms with Crippen molar-refractivity contribution >= 4 is 57.5 Å². The minimum Gasteiger partial charge on any atom is -0.367 e. The van der Waals surface area contributed by atoms with Gasteiger partial charge in [0.2, 0.25) is 5.91 Å². The molecule has 1 amide bonds. The van der Waals surface area contributed by atoms with Gasteiger partial charge in [0.25, 0.3) is 0 Å². The van der Waals surface area contributed by atoms with Gasteiger partial charge in [-0.05, 0) is 49.1 Å². The number of hydrogen-bond acceptors (Lipinski definition) is 6. The summed E-state index contributed by atoms with van der Waals surface area (Å²) in [5, 5.41) is 6.40. The third-order valence-corrected chi connectivity index (χ3v) is 6.88. The summed E-state index contributed by atoms with van der Waals surface area (Å²) >= 11 is 11.8. The summed E-state index contributed by atoms with van der Waals surface area (Å²) in [5.41, 5.74) is 1.25. The zero-order valence-electron chi connectivity index (χ0n) is 16.9. The van der Waals surface area contributed by atoms with Crippen LogP contribution < -0.4 is 10.6 Å². The van der Waals surface area contributed by atoms with Crippen molar-refractivity contribution in [1.82, 2.24) is 19.9 Å². The van der Waals surface area contributed by atoms with Crippen molar-refractivity contribution in [2.24, 2.45) is 5.92 Å². The predicted octanol–water partition coefficient (Wildman–Crippen LogP) is 4.80. The number of halogens is 3. The van der Waals surface area contributed by atoms with Gasteiger partial charge in [0.15, 0.2) is 11.6 Å². The van der Waals surface area contributed by atoms with Gasteiger partial charge in [-0.1, -0.05) is 29.8 Å². The Morgan fingerprint density at radius 1 is 1.22 bits per heavy atom. The molecule has 7 nitrogen and oxygen atoms in total. The Balaban J connectivity index is 1.39. The molecule has 1 aliphatic heterocycles. The molecule has 2 bridgehead atoms. The summed E-state index contributed by atoms with van der Waals surface area (Å²) in [4.78, 5) is 27.0. The lowest BCUT2D eigenvalue weighted by atomic mass is 10.0. The Bertz CT molecular complexity index is 1240. The standard InChI is InChI=1S/C22H19Cl2FN6O/c1-2-18(32)31-9-11-7-12(31)8-16(11)28-17-6-5-15-21(30-17)22(27-10-26-15)29-14-4-3-13(23)19(24)20(14)25/h2-6,10-12,16H,1,7-9H2,(H,28,30)(H,26,27,29). The van der Waals surface area contributed by atoms with E-state index < -0.39 is 5.82 Å². The van der Waals surface area contributed by atoms with Crippen LogP contribution in [0.5, 0.6) is 0 Å². The topological polar surface area (TPSA) is 83.0 Å². The Morgan fingerprint density at radius 2 is 2.06 bits per heavy atom. The number of nitrogens with one attached hydrogen (secondary N) is 2. The summed E-state index contributed by atoms with van der Waals surface area (Å²) in [6.45, 7) is 4.30. The van der Waals surface area contributed by atoms with E-state index in [0.29, 0.717) is 35.1 Å². The van der Waals surface area contributed by atoms with Gasteiger partial charge < -0.3 is 15.5 Å². The molecule has 3 aromatic rings. The van der Waals surface area contributed by atoms with E-state index >= 15 is 0 Å². The molecular formula is C22H19Cl2FN6O. The SMILES string of the molecule is C=CC(=O)N1CC2CC1CC2Nc1ccc2ncnc(Nc3ccc(Cl)c(Cl)c3F)c2n1. The van der Waals surface area contributed by atoms with E-state index in [9.17, 15) is 9.18 Å². The third kappa shape index (κ3) is 3.63. The first-order chi connectivity index (χ1) is 15.4. The van der Waals surface area contributed by atoms with Gasteiger partial charge in [-0.15, -0.1) is 0 Å². The second-order valence-corrected chi connectivity index (χ2v) is 8.75. The van der Waals surface area contributed by atoms with Crippen molar-refractivity contribution in [1.29, 1.82) is 0 Å². The molecule has 1 saturated heterocycles. The largest absolute Gasteiger partial charge is 0.367 e. The molecule has 3 unspecified atom stereocenters. The van der Waals surface area contributed by atoms with Crippen LogP contribution in [-0.2, 0) is 4.79 Å². The molecular weight excluding hydrogens is 454 g/mol. The minimum absolute atomic E-state index is 0.0119. The van der Waals surface area contributed by atoms with Gasteiger partial charge >= 0.3 is 0 Å². The van der Waals surface area contributed by atoms with Crippen LogP contribution in [0.15, 0.2) is 43.2 Å². The molecule has 2 fully saturated rings. The van der Waals surface area contributed by atoms with Gasteiger partial charge in [-0.3, -0.25) is 4.79 Å². The van der Waals surface area contributed by atoms with Crippen LogP contribution in [0.3, 0.4) is 0 Å². The number of carbonyl (C=O) groups excluding carboxylic acids is 1. The number of piperidine rings is 1. The highest BCUT2D eigenvalue weighted by Crippen LogP contribution is 2.39. The third-order valence-electron chi connectivity index (χ3n) is 6.10. The lowest BCUT2D eigenvalue weighted by molar-refractivity contribution is -0.127. The Hall–Kier alpha value is -2.97. The number of nitrogens with zero attached hydrogens (tertiary/aromatic N) is 4. The average molecular weight is 473 g/mol. The number of likely N-dealkylation sites (tertiary alicyclic amines) is 1. The quantitative estimate of drug-likeness (QED) is 0.409. The molecule has 2 N–H and O–H groups in total. The molecule has 5 rings (SSSR count). The van der Waals surface area contributed by atoms with E-state index in [1.54, 1.807) is 0 Å². The molecule has 2 aliphatic rings. The molecule has 1 aliphatic carbocycles. The summed E-state index contributed by atoms with van der Waals surface area (Å²) in [6, 6.07) is 7.13. The Morgan fingerprint density at radius 3 is 2.81 bits per heavy atom. The van der Waals surface area contributed by atoms with E-state index in [1.807, 2.05) is 17.0 Å². The predicted molar refractivity (Wildman–Crippen MR) is 123 cm³/mol. The fraction of sp³-hybridized carbons (Fsp3) is 0.273. The van der Waals surface area contributed by atoms with Crippen LogP contribution in [0.2, 0.25) is 10.0 Å². The number of carbonyl (C=O) groups is 1. The number of benzene rings is 1. The van der Waals surface area contributed by atoms with Gasteiger partial charge in [0, 0.05) is 18.6 Å². The summed E-state index contributed by atoms with van der Waals surface area (Å²) in [6.07, 6.45) is 4.58. The van der Waals surface area contributed by atoms with Crippen LogP contribution in [0.1, 0.15) is 12.8 Å². The first kappa shape index (κ1) is 20.9. The molecule has 0 radical (unpaired) electrons. The van der Waals surface area contributed by atoms with E-state index in [-0.39, 0.29) is 33.7 Å². The number of pyridine rings is 1. The Labute approximate surface area is 193 Å². The van der Waals surface area contributed by atoms with Crippen molar-refractivity contribution in [2.75, 3.05) is 17.2 Å². The molecule has 1 saturated carbocycles. The smallest absolute Gasteiger partial charge is 0.246 e. The van der Waals surface area contributed by atoms with Gasteiger partial charge in [-0.25, -0.2) is 19.3 Å². The number of aromatic nitrogens is 3. The van der Waals surface area contributed by atoms with Crippen molar-refractivity contribution in [3.63, 3.8) is 0 Å². The fourth-order valence-electron chi connectivity index (χ4n) is 4.57. The van der Waals surface area contributed by atoms with Crippen molar-refractivity contribution in [3.8, 4) is 0 Å². The number of amides is 1. The molecule has 0 spiro atoms. The second-order valence-electron chi connectivity index (χ2n) is 7.97. The highest BCUT2D eigenvalue weighted by Gasteiger charge is 2.46. The van der Waals surface area contributed by atoms with E-state index in [4.69, 9.17) is 23.2 Å². The van der Waals surface area contributed by atoms with Crippen LogP contribution >= 0.6 is 23.2 Å². The number of anilines is 3. The van der Waals surface area contributed by atoms with Crippen LogP contribution in [0, 0.1) is 11.7 Å². The zero-order chi connectivity index (χ0) is 22.4. The average Bonchev–Trinajstić information content (AvgIpc) is 3.40. The molecule has 10 heteroatoms. The first-order valence-corrected chi connectivity index (χ1v) is 10.9. The number of rotatable bonds is 5. The lowest BCUT2D eigenvalue weighted by Gasteiger charge is -2.31. The molecule has 2 aromatic heterocycles. The highest BCUT2D eigenvalue weighted by molar-refractivity contribution is 6.42. The highest BCUT2D eigenvalue weighted by atomic mass is 35.5. The second kappa shape index (κ2) is 8.18. The summed E-state index contributed by atoms with van der Waals surface area (Å²) < 4.78 is 14.5. The first-order valence-electron chi connectivity index (χ1n) is 10.2. The molecule has 3 atom stereocenters. The van der Waals surface area contributed by atoms with E-state index in [2.05, 4.69) is 32.2 Å². The molecule has 3 heterocycles. The fourth-order valence-corrected chi connectivity index (χ4v) is 4.88. The molecule has 32 heavy (non-hydrogen) atoms. The van der Waals surface area contributed by atoms with Crippen LogP contribution in [0.4, 0.5) is 21.7 Å². The van der Waals surface area contributed by atoms with Crippen LogP contribution in [-0.4, -0.2) is 44.4 Å². The van der Waals surface area contributed by atoms with E-state index in [0.717, 1.165) is 12.8 Å². The van der Waals surface area contributed by atoms with Crippen molar-refractivity contribution < 1.29 is 9.18 Å². The summed E-state index contributed by atoms with van der Waals surface area (Å²) in [5.74, 6) is 0.704. The minimum atomic E-state index is -0.666. The number of hydrogen-bond donors (Lipinski definition) is 2. The van der Waals surface area contributed by atoms with Crippen LogP contribution in [0.25, 0.3) is 11.0 Å². The maximum Gasteiger partial charge on any atom is 0.246 e. The molecule has 1 aromatic carbocycles. The van der Waals surface area contributed by atoms with Gasteiger partial charge in [0.1, 0.15) is 17.7 Å². The van der Waals surface area contributed by atoms with Crippen molar-refractivity contribution in [3.05, 3.63) is 59.1 Å². The summed E-state index contributed by atoms with van der Waals surface area (Å²) in [7, 11) is 0. The molecule has 164 valence electrons. The normalized spacial score (nSPS) is 21.7. The Kier molecular flexibility index (Phi) is 5.35. The zero-order valence-corrected chi connectivity index (χ0v) is 18.4. The van der Waals surface area contributed by atoms with E-state index in [1.165, 1.54) is 24.5 Å². The maximum atomic E-state index is 14.5. The van der Waals surface area contributed by atoms with Gasteiger partial charge in [0.05, 0.1) is 21.2 Å².